The van der Waals surface area contributed by atoms with Crippen molar-refractivity contribution in [1.82, 2.24) is 24.3 Å². The highest BCUT2D eigenvalue weighted by atomic mass is 16.5. The number of hydrogen-bond donors (Lipinski definition) is 0. The number of nitrogens with zero attached hydrogens (tertiary/aromatic N) is 5. The van der Waals surface area contributed by atoms with Crippen LogP contribution in [-0.2, 0) is 6.54 Å². The molecule has 0 bridgehead atoms. The Morgan fingerprint density at radius 2 is 1.81 bits per heavy atom. The molecule has 0 saturated heterocycles. The van der Waals surface area contributed by atoms with E-state index in [0.29, 0.717) is 12.3 Å². The minimum Gasteiger partial charge on any atom is -0.494 e. The second-order valence-corrected chi connectivity index (χ2v) is 6.29. The van der Waals surface area contributed by atoms with E-state index in [9.17, 15) is 4.79 Å². The van der Waals surface area contributed by atoms with Crippen molar-refractivity contribution < 1.29 is 4.74 Å². The fourth-order valence-corrected chi connectivity index (χ4v) is 3.28. The lowest BCUT2D eigenvalue weighted by Gasteiger charge is -2.16. The van der Waals surface area contributed by atoms with Crippen molar-refractivity contribution in [2.24, 2.45) is 0 Å². The molecule has 0 amide bonds. The van der Waals surface area contributed by atoms with Crippen molar-refractivity contribution in [2.45, 2.75) is 20.4 Å². The van der Waals surface area contributed by atoms with Gasteiger partial charge in [-0.15, -0.1) is 10.2 Å². The Kier molecular flexibility index (Phi) is 4.19. The molecule has 0 N–H and O–H groups in total. The van der Waals surface area contributed by atoms with Crippen molar-refractivity contribution in [3.05, 3.63) is 76.4 Å². The van der Waals surface area contributed by atoms with E-state index in [1.165, 1.54) is 0 Å². The zero-order valence-electron chi connectivity index (χ0n) is 15.4. The van der Waals surface area contributed by atoms with Crippen LogP contribution in [0, 0.1) is 13.8 Å². The fourth-order valence-electron chi connectivity index (χ4n) is 3.28. The van der Waals surface area contributed by atoms with Gasteiger partial charge in [-0.05, 0) is 38.1 Å². The monoisotopic (exact) mass is 361 g/mol. The van der Waals surface area contributed by atoms with Crippen LogP contribution in [-0.4, -0.2) is 31.4 Å². The van der Waals surface area contributed by atoms with Crippen molar-refractivity contribution in [1.29, 1.82) is 0 Å². The zero-order chi connectivity index (χ0) is 19.0. The number of ether oxygens (including phenoxy) is 1. The fraction of sp³-hybridized carbons (Fsp3) is 0.200. The first-order chi connectivity index (χ1) is 13.1. The number of methoxy groups -OCH3 is 1. The minimum absolute atomic E-state index is 0.0837. The molecule has 0 radical (unpaired) electrons. The van der Waals surface area contributed by atoms with Crippen LogP contribution in [0.25, 0.3) is 16.6 Å². The molecular formula is C20H19N5O2. The zero-order valence-corrected chi connectivity index (χ0v) is 15.4. The number of rotatable bonds is 4. The highest BCUT2D eigenvalue weighted by Crippen LogP contribution is 2.30. The largest absolute Gasteiger partial charge is 0.494 e. The minimum atomic E-state index is -0.0837. The average molecular weight is 361 g/mol. The van der Waals surface area contributed by atoms with Gasteiger partial charge in [0, 0.05) is 23.7 Å². The standard InChI is InChI=1S/C20H19N5O2/c1-13-22-23-14(2)25(13)18-10-15-7-8-20(26)24(17(15)11-19(18)27-3)12-16-6-4-5-9-21-16/h4-11H,12H2,1-3H3. The first kappa shape index (κ1) is 17.0. The van der Waals surface area contributed by atoms with E-state index in [2.05, 4.69) is 15.2 Å². The predicted molar refractivity (Wildman–Crippen MR) is 102 cm³/mol. The molecule has 4 aromatic rings. The number of hydrogen-bond acceptors (Lipinski definition) is 5. The normalized spacial score (nSPS) is 11.1. The summed E-state index contributed by atoms with van der Waals surface area (Å²) in [5, 5.41) is 9.18. The summed E-state index contributed by atoms with van der Waals surface area (Å²) in [6.45, 7) is 4.18. The lowest BCUT2D eigenvalue weighted by molar-refractivity contribution is 0.413. The van der Waals surface area contributed by atoms with E-state index in [-0.39, 0.29) is 5.56 Å². The van der Waals surface area contributed by atoms with Crippen LogP contribution >= 0.6 is 0 Å². The Morgan fingerprint density at radius 1 is 1.04 bits per heavy atom. The Bertz CT molecular complexity index is 1160. The Morgan fingerprint density at radius 3 is 2.48 bits per heavy atom. The van der Waals surface area contributed by atoms with Crippen molar-refractivity contribution in [2.75, 3.05) is 7.11 Å². The van der Waals surface area contributed by atoms with Gasteiger partial charge in [-0.2, -0.15) is 0 Å². The third-order valence-corrected chi connectivity index (χ3v) is 4.56. The van der Waals surface area contributed by atoms with Gasteiger partial charge in [0.25, 0.3) is 5.56 Å². The topological polar surface area (TPSA) is 74.8 Å². The molecule has 3 heterocycles. The SMILES string of the molecule is COc1cc2c(ccc(=O)n2Cc2ccccn2)cc1-n1c(C)nnc1C. The Labute approximate surface area is 155 Å². The van der Waals surface area contributed by atoms with Gasteiger partial charge in [-0.1, -0.05) is 6.07 Å². The third kappa shape index (κ3) is 2.97. The quantitative estimate of drug-likeness (QED) is 0.559. The molecule has 0 aliphatic carbocycles. The van der Waals surface area contributed by atoms with Gasteiger partial charge in [-0.25, -0.2) is 0 Å². The molecule has 0 aliphatic rings. The van der Waals surface area contributed by atoms with Gasteiger partial charge in [0.05, 0.1) is 30.6 Å². The predicted octanol–water partition coefficient (Wildman–Crippen LogP) is 2.65. The molecule has 7 nitrogen and oxygen atoms in total. The molecule has 4 rings (SSSR count). The second kappa shape index (κ2) is 6.68. The summed E-state index contributed by atoms with van der Waals surface area (Å²) in [7, 11) is 1.61. The first-order valence-corrected chi connectivity index (χ1v) is 8.59. The lowest BCUT2D eigenvalue weighted by Crippen LogP contribution is -2.20. The van der Waals surface area contributed by atoms with Crippen LogP contribution in [0.2, 0.25) is 0 Å². The summed E-state index contributed by atoms with van der Waals surface area (Å²) in [6, 6.07) is 12.9. The molecule has 0 saturated carbocycles. The van der Waals surface area contributed by atoms with E-state index < -0.39 is 0 Å². The summed E-state index contributed by atoms with van der Waals surface area (Å²) < 4.78 is 9.27. The summed E-state index contributed by atoms with van der Waals surface area (Å²) in [5.41, 5.74) is 2.37. The summed E-state index contributed by atoms with van der Waals surface area (Å²) in [5.74, 6) is 2.19. The van der Waals surface area contributed by atoms with Crippen LogP contribution in [0.5, 0.6) is 5.75 Å². The maximum atomic E-state index is 12.5. The van der Waals surface area contributed by atoms with E-state index in [0.717, 1.165) is 33.9 Å². The Hall–Kier alpha value is -3.48. The molecule has 3 aromatic heterocycles. The molecule has 136 valence electrons. The highest BCUT2D eigenvalue weighted by molar-refractivity contribution is 5.84. The summed E-state index contributed by atoms with van der Waals surface area (Å²) >= 11 is 0. The van der Waals surface area contributed by atoms with Crippen molar-refractivity contribution >= 4 is 10.9 Å². The number of pyridine rings is 2. The number of aromatic nitrogens is 5. The molecule has 0 unspecified atom stereocenters. The van der Waals surface area contributed by atoms with Gasteiger partial charge in [0.15, 0.2) is 0 Å². The van der Waals surface area contributed by atoms with Gasteiger partial charge in [0.2, 0.25) is 0 Å². The molecule has 0 spiro atoms. The van der Waals surface area contributed by atoms with Crippen LogP contribution in [0.15, 0.2) is 53.5 Å². The number of fused-ring (bicyclic) bond motifs is 1. The summed E-state index contributed by atoms with van der Waals surface area (Å²) in [4.78, 5) is 16.9. The molecule has 27 heavy (non-hydrogen) atoms. The molecule has 1 aromatic carbocycles. The van der Waals surface area contributed by atoms with Gasteiger partial charge in [0.1, 0.15) is 17.4 Å². The third-order valence-electron chi connectivity index (χ3n) is 4.56. The smallest absolute Gasteiger partial charge is 0.251 e. The van der Waals surface area contributed by atoms with Crippen LogP contribution in [0.3, 0.4) is 0 Å². The molecule has 7 heteroatoms. The first-order valence-electron chi connectivity index (χ1n) is 8.59. The summed E-state index contributed by atoms with van der Waals surface area (Å²) in [6.07, 6.45) is 1.72. The molecule has 0 fully saturated rings. The van der Waals surface area contributed by atoms with Crippen molar-refractivity contribution in [3.8, 4) is 11.4 Å². The maximum absolute atomic E-state index is 12.5. The number of aryl methyl sites for hydroxylation is 2. The average Bonchev–Trinajstić information content (AvgIpc) is 3.02. The van der Waals surface area contributed by atoms with E-state index in [1.807, 2.05) is 54.8 Å². The molecule has 0 aliphatic heterocycles. The van der Waals surface area contributed by atoms with Crippen LogP contribution in [0.4, 0.5) is 0 Å². The van der Waals surface area contributed by atoms with Gasteiger partial charge >= 0.3 is 0 Å². The van der Waals surface area contributed by atoms with E-state index in [4.69, 9.17) is 4.74 Å². The van der Waals surface area contributed by atoms with E-state index >= 15 is 0 Å². The van der Waals surface area contributed by atoms with E-state index in [1.54, 1.807) is 23.9 Å². The van der Waals surface area contributed by atoms with Gasteiger partial charge in [-0.3, -0.25) is 14.3 Å². The van der Waals surface area contributed by atoms with Crippen LogP contribution in [0.1, 0.15) is 17.3 Å². The number of benzene rings is 1. The van der Waals surface area contributed by atoms with Crippen molar-refractivity contribution in [3.63, 3.8) is 0 Å². The van der Waals surface area contributed by atoms with Crippen LogP contribution < -0.4 is 10.3 Å². The molecule has 0 atom stereocenters. The molecular weight excluding hydrogens is 342 g/mol. The highest BCUT2D eigenvalue weighted by Gasteiger charge is 2.15. The van der Waals surface area contributed by atoms with Gasteiger partial charge < -0.3 is 9.30 Å². The second-order valence-electron chi connectivity index (χ2n) is 6.29. The Balaban J connectivity index is 1.94. The lowest BCUT2D eigenvalue weighted by atomic mass is 10.1. The maximum Gasteiger partial charge on any atom is 0.251 e.